The molecular formula is C12H21N3O3Si. The predicted molar refractivity (Wildman–Crippen MR) is 75.6 cm³/mol. The molecule has 1 aliphatic rings. The van der Waals surface area contributed by atoms with Crippen LogP contribution in [0.25, 0.3) is 0 Å². The lowest BCUT2D eigenvalue weighted by Crippen LogP contribution is -2.55. The van der Waals surface area contributed by atoms with Crippen molar-refractivity contribution in [2.24, 2.45) is 0 Å². The minimum atomic E-state index is -1.19. The van der Waals surface area contributed by atoms with E-state index in [1.165, 1.54) is 6.07 Å². The molecule has 0 radical (unpaired) electrons. The molecule has 1 aliphatic heterocycles. The Balaban J connectivity index is 1.87. The van der Waals surface area contributed by atoms with Gasteiger partial charge in [0.05, 0.1) is 12.6 Å². The van der Waals surface area contributed by atoms with Crippen molar-refractivity contribution in [3.05, 3.63) is 28.0 Å². The van der Waals surface area contributed by atoms with Crippen LogP contribution in [0.4, 0.5) is 5.88 Å². The van der Waals surface area contributed by atoms with Gasteiger partial charge < -0.3 is 8.98 Å². The number of hydrogen-bond acceptors (Lipinski definition) is 5. The molecule has 0 N–H and O–H groups in total. The Kier molecular flexibility index (Phi) is 4.07. The minimum absolute atomic E-state index is 0.171. The van der Waals surface area contributed by atoms with Crippen molar-refractivity contribution in [1.29, 1.82) is 0 Å². The molecule has 1 fully saturated rings. The van der Waals surface area contributed by atoms with Gasteiger partial charge in [-0.3, -0.25) is 15.0 Å². The normalized spacial score (nSPS) is 18.7. The summed E-state index contributed by atoms with van der Waals surface area (Å²) in [7, 11) is -1.19. The monoisotopic (exact) mass is 283 g/mol. The van der Waals surface area contributed by atoms with Crippen molar-refractivity contribution in [2.45, 2.75) is 26.2 Å². The van der Waals surface area contributed by atoms with Crippen molar-refractivity contribution in [1.82, 2.24) is 9.47 Å². The fourth-order valence-electron chi connectivity index (χ4n) is 2.35. The molecule has 0 atom stereocenters. The lowest BCUT2D eigenvalue weighted by atomic mass is 10.3. The summed E-state index contributed by atoms with van der Waals surface area (Å²) in [6, 6.07) is 3.12. The summed E-state index contributed by atoms with van der Waals surface area (Å²) in [5.41, 5.74) is 0. The van der Waals surface area contributed by atoms with E-state index in [1.54, 1.807) is 6.07 Å². The van der Waals surface area contributed by atoms with Gasteiger partial charge in [0.1, 0.15) is 18.9 Å². The van der Waals surface area contributed by atoms with Gasteiger partial charge in [0, 0.05) is 26.2 Å². The second-order valence-corrected chi connectivity index (χ2v) is 10.9. The predicted octanol–water partition coefficient (Wildman–Crippen LogP) is 2.14. The quantitative estimate of drug-likeness (QED) is 0.481. The maximum atomic E-state index is 10.6. The van der Waals surface area contributed by atoms with Crippen LogP contribution in [-0.4, -0.2) is 48.8 Å². The molecule has 1 saturated heterocycles. The van der Waals surface area contributed by atoms with Crippen molar-refractivity contribution in [3.8, 4) is 0 Å². The van der Waals surface area contributed by atoms with Crippen molar-refractivity contribution in [2.75, 3.05) is 26.2 Å². The van der Waals surface area contributed by atoms with Gasteiger partial charge in [-0.15, -0.1) is 0 Å². The summed E-state index contributed by atoms with van der Waals surface area (Å²) >= 11 is 0. The topological polar surface area (TPSA) is 62.8 Å². The van der Waals surface area contributed by atoms with Crippen LogP contribution in [-0.2, 0) is 6.54 Å². The molecule has 0 saturated carbocycles. The van der Waals surface area contributed by atoms with Gasteiger partial charge in [0.25, 0.3) is 0 Å². The van der Waals surface area contributed by atoms with E-state index in [9.17, 15) is 10.1 Å². The SMILES string of the molecule is C[Si](C)(C)N1CCN(Cc2ccc([N+](=O)[O-])o2)CC1. The van der Waals surface area contributed by atoms with E-state index in [-0.39, 0.29) is 5.88 Å². The molecule has 0 aliphatic carbocycles. The molecule has 1 aromatic rings. The van der Waals surface area contributed by atoms with Gasteiger partial charge in [-0.05, 0) is 6.07 Å². The van der Waals surface area contributed by atoms with Crippen molar-refractivity contribution in [3.63, 3.8) is 0 Å². The Morgan fingerprint density at radius 3 is 2.37 bits per heavy atom. The zero-order valence-electron chi connectivity index (χ0n) is 11.8. The zero-order chi connectivity index (χ0) is 14.0. The van der Waals surface area contributed by atoms with Gasteiger partial charge in [-0.1, -0.05) is 19.6 Å². The molecule has 0 spiro atoms. The third kappa shape index (κ3) is 3.65. The first kappa shape index (κ1) is 14.2. The molecule has 7 heteroatoms. The molecule has 106 valence electrons. The second-order valence-electron chi connectivity index (χ2n) is 5.93. The second kappa shape index (κ2) is 5.44. The fourth-order valence-corrected chi connectivity index (χ4v) is 3.89. The Bertz CT molecular complexity index is 447. The van der Waals surface area contributed by atoms with Crippen molar-refractivity contribution >= 4 is 14.1 Å². The number of furan rings is 1. The van der Waals surface area contributed by atoms with Crippen LogP contribution in [0.15, 0.2) is 16.5 Å². The molecule has 19 heavy (non-hydrogen) atoms. The maximum absolute atomic E-state index is 10.6. The van der Waals surface area contributed by atoms with E-state index in [2.05, 4.69) is 29.1 Å². The van der Waals surface area contributed by atoms with Crippen LogP contribution in [0.5, 0.6) is 0 Å². The van der Waals surface area contributed by atoms with E-state index in [1.807, 2.05) is 0 Å². The average Bonchev–Trinajstić information content (AvgIpc) is 2.77. The van der Waals surface area contributed by atoms with Gasteiger partial charge in [-0.2, -0.15) is 0 Å². The Hall–Kier alpha value is -1.18. The van der Waals surface area contributed by atoms with Crippen LogP contribution >= 0.6 is 0 Å². The Labute approximate surface area is 114 Å². The first-order valence-corrected chi connectivity index (χ1v) is 10.0. The third-order valence-electron chi connectivity index (χ3n) is 3.53. The van der Waals surface area contributed by atoms with Crippen LogP contribution in [0, 0.1) is 10.1 Å². The van der Waals surface area contributed by atoms with Gasteiger partial charge in [0.2, 0.25) is 0 Å². The highest BCUT2D eigenvalue weighted by atomic mass is 28.3. The molecule has 0 aromatic carbocycles. The summed E-state index contributed by atoms with van der Waals surface area (Å²) in [5.74, 6) is 0.504. The van der Waals surface area contributed by atoms with Crippen molar-refractivity contribution < 1.29 is 9.34 Å². The highest BCUT2D eigenvalue weighted by Crippen LogP contribution is 2.19. The maximum Gasteiger partial charge on any atom is 0.433 e. The Morgan fingerprint density at radius 2 is 1.89 bits per heavy atom. The zero-order valence-corrected chi connectivity index (χ0v) is 12.8. The van der Waals surface area contributed by atoms with Crippen LogP contribution in [0.2, 0.25) is 19.6 Å². The highest BCUT2D eigenvalue weighted by Gasteiger charge is 2.27. The molecule has 0 amide bonds. The molecular weight excluding hydrogens is 262 g/mol. The summed E-state index contributed by atoms with van der Waals surface area (Å²) in [4.78, 5) is 12.4. The molecule has 0 bridgehead atoms. The number of piperazine rings is 1. The fraction of sp³-hybridized carbons (Fsp3) is 0.667. The van der Waals surface area contributed by atoms with Gasteiger partial charge in [0.15, 0.2) is 0 Å². The summed E-state index contributed by atoms with van der Waals surface area (Å²) in [5, 5.41) is 10.6. The first-order chi connectivity index (χ1) is 8.86. The molecule has 2 heterocycles. The van der Waals surface area contributed by atoms with E-state index in [4.69, 9.17) is 4.42 Å². The van der Waals surface area contributed by atoms with E-state index < -0.39 is 13.2 Å². The number of nitrogens with zero attached hydrogens (tertiary/aromatic N) is 3. The standard InChI is InChI=1S/C12H21N3O3Si/c1-19(2,3)14-8-6-13(7-9-14)10-11-4-5-12(18-11)15(16)17/h4-5H,6-10H2,1-3H3. The van der Waals surface area contributed by atoms with Gasteiger partial charge in [-0.25, -0.2) is 0 Å². The molecule has 6 nitrogen and oxygen atoms in total. The molecule has 0 unspecified atom stereocenters. The molecule has 1 aromatic heterocycles. The summed E-state index contributed by atoms with van der Waals surface area (Å²) in [6.07, 6.45) is 0. The van der Waals surface area contributed by atoms with Gasteiger partial charge >= 0.3 is 5.88 Å². The summed E-state index contributed by atoms with van der Waals surface area (Å²) in [6.45, 7) is 11.9. The summed E-state index contributed by atoms with van der Waals surface area (Å²) < 4.78 is 7.79. The highest BCUT2D eigenvalue weighted by molar-refractivity contribution is 6.73. The number of rotatable bonds is 4. The van der Waals surface area contributed by atoms with E-state index in [0.717, 1.165) is 26.2 Å². The van der Waals surface area contributed by atoms with Crippen LogP contribution in [0.3, 0.4) is 0 Å². The van der Waals surface area contributed by atoms with E-state index >= 15 is 0 Å². The van der Waals surface area contributed by atoms with Crippen LogP contribution in [0.1, 0.15) is 5.76 Å². The molecule has 2 rings (SSSR count). The largest absolute Gasteiger partial charge is 0.433 e. The first-order valence-electron chi connectivity index (χ1n) is 6.57. The smallest absolute Gasteiger partial charge is 0.404 e. The van der Waals surface area contributed by atoms with Crippen LogP contribution < -0.4 is 0 Å². The lowest BCUT2D eigenvalue weighted by molar-refractivity contribution is -0.402. The third-order valence-corrected chi connectivity index (χ3v) is 5.87. The number of nitro groups is 1. The number of hydrogen-bond donors (Lipinski definition) is 0. The van der Waals surface area contributed by atoms with E-state index in [0.29, 0.717) is 12.3 Å². The lowest BCUT2D eigenvalue weighted by Gasteiger charge is -2.41. The minimum Gasteiger partial charge on any atom is -0.404 e. The average molecular weight is 283 g/mol. The Morgan fingerprint density at radius 1 is 1.26 bits per heavy atom.